The molecule has 444 valence electrons. The van der Waals surface area contributed by atoms with Gasteiger partial charge in [-0.2, -0.15) is 0 Å². The molecular weight excluding hydrogens is 997 g/mol. The number of esters is 3. The average Bonchev–Trinajstić information content (AvgIpc) is 3.46. The van der Waals surface area contributed by atoms with Gasteiger partial charge in [0.05, 0.1) is 13.0 Å². The summed E-state index contributed by atoms with van der Waals surface area (Å²) in [6.45, 7) is 5.60. The minimum Gasteiger partial charge on any atom is -0.479 e. The second kappa shape index (κ2) is 53.5. The summed E-state index contributed by atoms with van der Waals surface area (Å²) >= 11 is 0. The number of carbonyl (C=O) groups excluding carboxylic acids is 3. The molecule has 1 aliphatic rings. The van der Waals surface area contributed by atoms with Crippen molar-refractivity contribution < 1.29 is 58.2 Å². The van der Waals surface area contributed by atoms with Gasteiger partial charge in [-0.1, -0.05) is 212 Å². The van der Waals surface area contributed by atoms with Gasteiger partial charge in [0, 0.05) is 12.8 Å². The summed E-state index contributed by atoms with van der Waals surface area (Å²) in [5.41, 5.74) is 0. The molecule has 0 aromatic heterocycles. The first kappa shape index (κ1) is 71.9. The second-order valence-corrected chi connectivity index (χ2v) is 19.9. The van der Waals surface area contributed by atoms with Crippen LogP contribution in [0.3, 0.4) is 0 Å². The number of unbranched alkanes of at least 4 members (excludes halogenated alkanes) is 14. The van der Waals surface area contributed by atoms with Crippen LogP contribution >= 0.6 is 0 Å². The topological polar surface area (TPSA) is 175 Å². The van der Waals surface area contributed by atoms with E-state index in [1.54, 1.807) is 6.08 Å². The summed E-state index contributed by atoms with van der Waals surface area (Å²) in [6.07, 6.45) is 63.0. The Morgan fingerprint density at radius 3 is 1.30 bits per heavy atom. The maximum atomic E-state index is 13.1. The number of aliphatic hydroxyl groups excluding tert-OH is 2. The number of carbonyl (C=O) groups is 4. The fourth-order valence-corrected chi connectivity index (χ4v) is 8.17. The Balaban J connectivity index is 2.75. The van der Waals surface area contributed by atoms with E-state index >= 15 is 0 Å². The van der Waals surface area contributed by atoms with Gasteiger partial charge >= 0.3 is 23.9 Å². The van der Waals surface area contributed by atoms with Gasteiger partial charge in [-0.15, -0.1) is 0 Å². The first-order valence-electron chi connectivity index (χ1n) is 30.2. The lowest BCUT2D eigenvalue weighted by atomic mass is 9.98. The summed E-state index contributed by atoms with van der Waals surface area (Å²) < 4.78 is 28.3. The minimum atomic E-state index is -1.93. The standard InChI is InChI=1S/C67H104O12/c1-4-7-10-13-16-19-22-25-28-29-30-31-34-37-40-43-46-49-52-55-61(70)78-65-63(72)62(71)64(66(73)74)79-67(65)76-57-58(77-60(69)54-51-48-45-42-39-36-33-27-24-21-18-15-12-9-6-3)56-75-59(68)53-50-47-44-41-38-35-32-26-23-20-17-14-11-8-5-2/h8-9,11-12,16-21,25-28,32-33,38-39,41-42,47,50,58,62-65,67,71-72H,4-7,10,13-15,22-24,29-31,34-37,40,43-46,48-49,51-57H2,1-3H3,(H,73,74)/b11-8-,12-9-,19-16-,20-17-,21-18-,28-25-,32-26-,33-27-,41-38-,42-39-,50-47-. The van der Waals surface area contributed by atoms with Crippen molar-refractivity contribution in [2.24, 2.45) is 0 Å². The molecule has 6 unspecified atom stereocenters. The third kappa shape index (κ3) is 43.4. The van der Waals surface area contributed by atoms with Crippen molar-refractivity contribution in [3.63, 3.8) is 0 Å². The van der Waals surface area contributed by atoms with Gasteiger partial charge in [-0.05, 0) is 116 Å². The van der Waals surface area contributed by atoms with E-state index in [1.807, 2.05) is 12.2 Å². The summed E-state index contributed by atoms with van der Waals surface area (Å²) in [7, 11) is 0. The van der Waals surface area contributed by atoms with E-state index < -0.39 is 73.9 Å². The number of ether oxygens (including phenoxy) is 5. The number of hydrogen-bond donors (Lipinski definition) is 3. The normalized spacial score (nSPS) is 18.8. The summed E-state index contributed by atoms with van der Waals surface area (Å²) in [4.78, 5) is 51.1. The number of hydrogen-bond acceptors (Lipinski definition) is 11. The molecule has 1 heterocycles. The largest absolute Gasteiger partial charge is 0.479 e. The molecule has 0 aromatic carbocycles. The van der Waals surface area contributed by atoms with Gasteiger partial charge in [-0.3, -0.25) is 14.4 Å². The first-order chi connectivity index (χ1) is 38.6. The van der Waals surface area contributed by atoms with E-state index in [1.165, 1.54) is 51.4 Å². The highest BCUT2D eigenvalue weighted by Gasteiger charge is 2.50. The molecule has 0 aromatic rings. The summed E-state index contributed by atoms with van der Waals surface area (Å²) in [5.74, 6) is -3.37. The lowest BCUT2D eigenvalue weighted by molar-refractivity contribution is -0.301. The minimum absolute atomic E-state index is 0.0310. The van der Waals surface area contributed by atoms with Gasteiger partial charge in [0.25, 0.3) is 0 Å². The molecule has 1 rings (SSSR count). The second-order valence-electron chi connectivity index (χ2n) is 19.9. The van der Waals surface area contributed by atoms with Crippen LogP contribution in [-0.4, -0.2) is 89.2 Å². The van der Waals surface area contributed by atoms with E-state index in [9.17, 15) is 34.5 Å². The molecule has 0 spiro atoms. The zero-order chi connectivity index (χ0) is 57.5. The van der Waals surface area contributed by atoms with Crippen LogP contribution < -0.4 is 0 Å². The smallest absolute Gasteiger partial charge is 0.335 e. The Labute approximate surface area is 477 Å². The molecule has 0 amide bonds. The monoisotopic (exact) mass is 1100 g/mol. The van der Waals surface area contributed by atoms with Gasteiger partial charge < -0.3 is 39.0 Å². The quantitative estimate of drug-likeness (QED) is 0.0228. The Kier molecular flexibility index (Phi) is 48.7. The van der Waals surface area contributed by atoms with Crippen LogP contribution in [0.5, 0.6) is 0 Å². The number of carboxylic acid groups (broad SMARTS) is 1. The zero-order valence-corrected chi connectivity index (χ0v) is 48.8. The molecule has 12 nitrogen and oxygen atoms in total. The molecule has 0 saturated carbocycles. The summed E-state index contributed by atoms with van der Waals surface area (Å²) in [5, 5.41) is 31.5. The third-order valence-corrected chi connectivity index (χ3v) is 12.7. The highest BCUT2D eigenvalue weighted by Crippen LogP contribution is 2.26. The Morgan fingerprint density at radius 1 is 0.443 bits per heavy atom. The zero-order valence-electron chi connectivity index (χ0n) is 48.8. The van der Waals surface area contributed by atoms with E-state index in [2.05, 4.69) is 136 Å². The van der Waals surface area contributed by atoms with E-state index in [4.69, 9.17) is 23.7 Å². The molecular formula is C67H104O12. The maximum absolute atomic E-state index is 13.1. The number of carboxylic acids is 1. The van der Waals surface area contributed by atoms with Gasteiger partial charge in [0.1, 0.15) is 18.8 Å². The lowest BCUT2D eigenvalue weighted by Gasteiger charge is -2.40. The van der Waals surface area contributed by atoms with Gasteiger partial charge in [0.15, 0.2) is 24.6 Å². The number of aliphatic carboxylic acids is 1. The summed E-state index contributed by atoms with van der Waals surface area (Å²) in [6, 6.07) is 0. The van der Waals surface area contributed by atoms with Crippen molar-refractivity contribution in [3.8, 4) is 0 Å². The van der Waals surface area contributed by atoms with Crippen molar-refractivity contribution in [3.05, 3.63) is 134 Å². The molecule has 3 N–H and O–H groups in total. The van der Waals surface area contributed by atoms with Crippen molar-refractivity contribution in [1.29, 1.82) is 0 Å². The molecule has 0 radical (unpaired) electrons. The van der Waals surface area contributed by atoms with Gasteiger partial charge in [0.2, 0.25) is 0 Å². The molecule has 79 heavy (non-hydrogen) atoms. The van der Waals surface area contributed by atoms with Crippen LogP contribution in [-0.2, 0) is 42.9 Å². The Hall–Kier alpha value is -5.14. The molecule has 1 aliphatic heterocycles. The molecule has 0 aliphatic carbocycles. The molecule has 0 bridgehead atoms. The highest BCUT2D eigenvalue weighted by molar-refractivity contribution is 5.74. The predicted octanol–water partition coefficient (Wildman–Crippen LogP) is 15.8. The van der Waals surface area contributed by atoms with Crippen molar-refractivity contribution >= 4 is 23.9 Å². The number of allylic oxidation sites excluding steroid dienone is 21. The van der Waals surface area contributed by atoms with E-state index in [0.717, 1.165) is 103 Å². The SMILES string of the molecule is CC/C=C\C/C=C\C/C=C\C/C=C\C/C=C\CC(=O)OCC(COC1OC(C(=O)O)C(O)C(O)C1OC(=O)CCCCCCCCCCC/C=C\C/C=C\CCCCC)OC(=O)CCCC/C=C\C/C=C\C/C=C\C/C=C\CC. The fourth-order valence-electron chi connectivity index (χ4n) is 8.17. The maximum Gasteiger partial charge on any atom is 0.335 e. The van der Waals surface area contributed by atoms with Crippen LogP contribution in [0.2, 0.25) is 0 Å². The van der Waals surface area contributed by atoms with E-state index in [0.29, 0.717) is 19.3 Å². The van der Waals surface area contributed by atoms with E-state index in [-0.39, 0.29) is 19.3 Å². The molecule has 6 atom stereocenters. The Bertz CT molecular complexity index is 1880. The first-order valence-corrected chi connectivity index (χ1v) is 30.2. The van der Waals surface area contributed by atoms with Crippen LogP contribution in [0.1, 0.15) is 213 Å². The van der Waals surface area contributed by atoms with Crippen molar-refractivity contribution in [2.45, 2.75) is 250 Å². The molecule has 12 heteroatoms. The molecule has 1 saturated heterocycles. The van der Waals surface area contributed by atoms with Crippen LogP contribution in [0.4, 0.5) is 0 Å². The predicted molar refractivity (Wildman–Crippen MR) is 321 cm³/mol. The van der Waals surface area contributed by atoms with Crippen LogP contribution in [0, 0.1) is 0 Å². The van der Waals surface area contributed by atoms with Crippen LogP contribution in [0.25, 0.3) is 0 Å². The van der Waals surface area contributed by atoms with Crippen LogP contribution in [0.15, 0.2) is 134 Å². The average molecular weight is 1100 g/mol. The highest BCUT2D eigenvalue weighted by atomic mass is 16.7. The molecule has 1 fully saturated rings. The van der Waals surface area contributed by atoms with Crippen molar-refractivity contribution in [1.82, 2.24) is 0 Å². The van der Waals surface area contributed by atoms with Crippen molar-refractivity contribution in [2.75, 3.05) is 13.2 Å². The lowest BCUT2D eigenvalue weighted by Crippen LogP contribution is -2.61. The van der Waals surface area contributed by atoms with Gasteiger partial charge in [-0.25, -0.2) is 4.79 Å². The number of aliphatic hydroxyl groups is 2. The number of rotatable bonds is 49. The third-order valence-electron chi connectivity index (χ3n) is 12.7. The fraction of sp³-hybridized carbons (Fsp3) is 0.612. The Morgan fingerprint density at radius 2 is 0.835 bits per heavy atom.